The molecular formula is C19H15ClF2N2O4. The lowest BCUT2D eigenvalue weighted by atomic mass is 10.2. The molecule has 28 heavy (non-hydrogen) atoms. The van der Waals surface area contributed by atoms with Gasteiger partial charge in [0.05, 0.1) is 5.69 Å². The third-order valence-corrected chi connectivity index (χ3v) is 4.40. The summed E-state index contributed by atoms with van der Waals surface area (Å²) in [6, 6.07) is 6.10. The Labute approximate surface area is 163 Å². The number of halogens is 3. The van der Waals surface area contributed by atoms with Crippen LogP contribution in [0.4, 0.5) is 8.78 Å². The molecule has 0 aliphatic carbocycles. The van der Waals surface area contributed by atoms with Gasteiger partial charge >= 0.3 is 0 Å². The number of nitrogens with zero attached hydrogens (tertiary/aromatic N) is 2. The third kappa shape index (κ3) is 3.83. The van der Waals surface area contributed by atoms with Crippen LogP contribution < -0.4 is 10.3 Å². The molecule has 2 aromatic heterocycles. The van der Waals surface area contributed by atoms with Gasteiger partial charge in [0.15, 0.2) is 0 Å². The highest BCUT2D eigenvalue weighted by atomic mass is 35.5. The zero-order chi connectivity index (χ0) is 20.4. The van der Waals surface area contributed by atoms with Gasteiger partial charge in [0.1, 0.15) is 35.6 Å². The molecule has 2 heterocycles. The van der Waals surface area contributed by atoms with Crippen molar-refractivity contribution in [2.45, 2.75) is 13.5 Å². The fourth-order valence-electron chi connectivity index (χ4n) is 2.66. The monoisotopic (exact) mass is 408 g/mol. The van der Waals surface area contributed by atoms with Gasteiger partial charge in [0.25, 0.3) is 11.5 Å². The Balaban J connectivity index is 1.91. The minimum absolute atomic E-state index is 0.0509. The van der Waals surface area contributed by atoms with E-state index in [0.29, 0.717) is 11.4 Å². The summed E-state index contributed by atoms with van der Waals surface area (Å²) in [6.45, 7) is 0.722. The number of aliphatic hydroxyl groups excluding tert-OH is 1. The summed E-state index contributed by atoms with van der Waals surface area (Å²) in [6.07, 6.45) is 2.80. The molecule has 3 rings (SSSR count). The van der Waals surface area contributed by atoms with Crippen molar-refractivity contribution >= 4 is 17.5 Å². The first kappa shape index (κ1) is 19.8. The van der Waals surface area contributed by atoms with Crippen molar-refractivity contribution in [1.29, 1.82) is 0 Å². The first-order valence-corrected chi connectivity index (χ1v) is 8.51. The normalized spacial score (nSPS) is 10.9. The van der Waals surface area contributed by atoms with E-state index in [1.807, 2.05) is 0 Å². The lowest BCUT2D eigenvalue weighted by molar-refractivity contribution is 0.0819. The minimum Gasteiger partial charge on any atom is -0.487 e. The zero-order valence-corrected chi connectivity index (χ0v) is 15.4. The summed E-state index contributed by atoms with van der Waals surface area (Å²) >= 11 is 6.12. The fourth-order valence-corrected chi connectivity index (χ4v) is 2.85. The smallest absolute Gasteiger partial charge is 0.277 e. The van der Waals surface area contributed by atoms with E-state index < -0.39 is 29.7 Å². The maximum atomic E-state index is 13.7. The molecule has 0 aliphatic rings. The predicted octanol–water partition coefficient (Wildman–Crippen LogP) is 3.09. The van der Waals surface area contributed by atoms with Gasteiger partial charge in [-0.15, -0.1) is 0 Å². The number of hydrogen-bond donors (Lipinski definition) is 1. The average molecular weight is 409 g/mol. The molecule has 9 heteroatoms. The standard InChI is InChI=1S/C19H15ClF2N2O4/c1-11-6-16(28-10-12-2-3-13(21)7-15(12)22)18(20)19(27)24(11)14-4-5-23(8-14)17(26)9-25/h2-8,25H,9-10H2,1H3. The highest BCUT2D eigenvalue weighted by Gasteiger charge is 2.16. The first-order chi connectivity index (χ1) is 13.3. The maximum absolute atomic E-state index is 13.7. The molecule has 0 amide bonds. The molecule has 0 spiro atoms. The van der Waals surface area contributed by atoms with E-state index >= 15 is 0 Å². The van der Waals surface area contributed by atoms with Crippen LogP contribution in [0.25, 0.3) is 5.69 Å². The fraction of sp³-hybridized carbons (Fsp3) is 0.158. The molecular weight excluding hydrogens is 394 g/mol. The predicted molar refractivity (Wildman–Crippen MR) is 98.2 cm³/mol. The number of rotatable bonds is 5. The lowest BCUT2D eigenvalue weighted by Crippen LogP contribution is -2.21. The second-order valence-electron chi connectivity index (χ2n) is 5.96. The molecule has 0 atom stereocenters. The molecule has 0 bridgehead atoms. The molecule has 0 radical (unpaired) electrons. The quantitative estimate of drug-likeness (QED) is 0.704. The Morgan fingerprint density at radius 1 is 1.25 bits per heavy atom. The Morgan fingerprint density at radius 3 is 2.68 bits per heavy atom. The van der Waals surface area contributed by atoms with E-state index in [-0.39, 0.29) is 22.9 Å². The average Bonchev–Trinajstić information content (AvgIpc) is 3.13. The molecule has 0 fully saturated rings. The van der Waals surface area contributed by atoms with Crippen molar-refractivity contribution < 1.29 is 23.4 Å². The van der Waals surface area contributed by atoms with Gasteiger partial charge < -0.3 is 9.84 Å². The highest BCUT2D eigenvalue weighted by Crippen LogP contribution is 2.25. The van der Waals surface area contributed by atoms with E-state index in [1.54, 1.807) is 6.92 Å². The molecule has 0 unspecified atom stereocenters. The minimum atomic E-state index is -0.768. The summed E-state index contributed by atoms with van der Waals surface area (Å²) in [4.78, 5) is 24.2. The summed E-state index contributed by atoms with van der Waals surface area (Å²) in [5, 5.41) is 8.69. The molecule has 1 N–H and O–H groups in total. The molecule has 0 aliphatic heterocycles. The van der Waals surface area contributed by atoms with Crippen LogP contribution in [-0.2, 0) is 6.61 Å². The van der Waals surface area contributed by atoms with Crippen molar-refractivity contribution in [3.05, 3.63) is 81.0 Å². The number of aromatic nitrogens is 2. The number of pyridine rings is 1. The van der Waals surface area contributed by atoms with E-state index in [0.717, 1.165) is 16.7 Å². The second-order valence-corrected chi connectivity index (χ2v) is 6.34. The SMILES string of the molecule is Cc1cc(OCc2ccc(F)cc2F)c(Cl)c(=O)n1-c1ccn(C(=O)CO)c1. The Hall–Kier alpha value is -2.97. The molecule has 3 aromatic rings. The maximum Gasteiger partial charge on any atom is 0.277 e. The number of aryl methyl sites for hydroxylation is 1. The van der Waals surface area contributed by atoms with Crippen LogP contribution in [0.5, 0.6) is 5.75 Å². The van der Waals surface area contributed by atoms with Gasteiger partial charge in [-0.25, -0.2) is 8.78 Å². The Kier molecular flexibility index (Phi) is 5.62. The van der Waals surface area contributed by atoms with Crippen molar-refractivity contribution in [3.63, 3.8) is 0 Å². The van der Waals surface area contributed by atoms with Crippen molar-refractivity contribution in [1.82, 2.24) is 9.13 Å². The van der Waals surface area contributed by atoms with Gasteiger partial charge in [-0.05, 0) is 25.1 Å². The topological polar surface area (TPSA) is 73.5 Å². The van der Waals surface area contributed by atoms with Crippen LogP contribution in [0, 0.1) is 18.6 Å². The summed E-state index contributed by atoms with van der Waals surface area (Å²) in [7, 11) is 0. The Bertz CT molecular complexity index is 1110. The molecule has 0 saturated carbocycles. The van der Waals surface area contributed by atoms with Crippen molar-refractivity contribution in [3.8, 4) is 11.4 Å². The van der Waals surface area contributed by atoms with Crippen molar-refractivity contribution in [2.75, 3.05) is 6.61 Å². The summed E-state index contributed by atoms with van der Waals surface area (Å²) in [5.74, 6) is -1.97. The number of carbonyl (C=O) groups excluding carboxylic acids is 1. The molecule has 6 nitrogen and oxygen atoms in total. The van der Waals surface area contributed by atoms with Crippen LogP contribution >= 0.6 is 11.6 Å². The lowest BCUT2D eigenvalue weighted by Gasteiger charge is -2.13. The first-order valence-electron chi connectivity index (χ1n) is 8.13. The second kappa shape index (κ2) is 7.95. The van der Waals surface area contributed by atoms with Crippen molar-refractivity contribution in [2.24, 2.45) is 0 Å². The number of benzene rings is 1. The van der Waals surface area contributed by atoms with Gasteiger partial charge in [0.2, 0.25) is 0 Å². The van der Waals surface area contributed by atoms with E-state index in [4.69, 9.17) is 21.4 Å². The molecule has 0 saturated heterocycles. The van der Waals surface area contributed by atoms with E-state index in [2.05, 4.69) is 0 Å². The molecule has 1 aromatic carbocycles. The summed E-state index contributed by atoms with van der Waals surface area (Å²) < 4.78 is 34.6. The number of aliphatic hydroxyl groups is 1. The van der Waals surface area contributed by atoms with Crippen LogP contribution in [0.1, 0.15) is 16.1 Å². The number of hydrogen-bond acceptors (Lipinski definition) is 4. The third-order valence-electron chi connectivity index (χ3n) is 4.06. The Morgan fingerprint density at radius 2 is 2.00 bits per heavy atom. The number of carbonyl (C=O) groups is 1. The van der Waals surface area contributed by atoms with Gasteiger partial charge in [-0.2, -0.15) is 0 Å². The summed E-state index contributed by atoms with van der Waals surface area (Å²) in [5.41, 5.74) is 0.352. The van der Waals surface area contributed by atoms with Crippen LogP contribution in [-0.4, -0.2) is 26.8 Å². The molecule has 146 valence electrons. The highest BCUT2D eigenvalue weighted by molar-refractivity contribution is 6.31. The van der Waals surface area contributed by atoms with Gasteiger partial charge in [-0.1, -0.05) is 11.6 Å². The van der Waals surface area contributed by atoms with Crippen LogP contribution in [0.15, 0.2) is 47.5 Å². The van der Waals surface area contributed by atoms with Crippen LogP contribution in [0.2, 0.25) is 5.02 Å². The largest absolute Gasteiger partial charge is 0.487 e. The van der Waals surface area contributed by atoms with E-state index in [9.17, 15) is 18.4 Å². The van der Waals surface area contributed by atoms with E-state index in [1.165, 1.54) is 35.2 Å². The van der Waals surface area contributed by atoms with Gasteiger partial charge in [-0.3, -0.25) is 18.7 Å². The van der Waals surface area contributed by atoms with Crippen LogP contribution in [0.3, 0.4) is 0 Å². The zero-order valence-electron chi connectivity index (χ0n) is 14.7. The number of ether oxygens (including phenoxy) is 1. The van der Waals surface area contributed by atoms with Gasteiger partial charge in [0, 0.05) is 35.8 Å².